The first-order valence-electron chi connectivity index (χ1n) is 6.43. The summed E-state index contributed by atoms with van der Waals surface area (Å²) in [4.78, 5) is 0. The van der Waals surface area contributed by atoms with Crippen LogP contribution in [0.25, 0.3) is 11.0 Å². The van der Waals surface area contributed by atoms with Crippen LogP contribution in [-0.2, 0) is 5.60 Å². The van der Waals surface area contributed by atoms with Crippen LogP contribution in [-0.4, -0.2) is 5.11 Å². The first-order chi connectivity index (χ1) is 10.0. The van der Waals surface area contributed by atoms with E-state index >= 15 is 0 Å². The van der Waals surface area contributed by atoms with Gasteiger partial charge in [0.15, 0.2) is 0 Å². The average Bonchev–Trinajstić information content (AvgIpc) is 2.91. The molecule has 0 aliphatic carbocycles. The van der Waals surface area contributed by atoms with E-state index in [2.05, 4.69) is 0 Å². The second-order valence-corrected chi connectivity index (χ2v) is 5.06. The van der Waals surface area contributed by atoms with Gasteiger partial charge < -0.3 is 9.52 Å². The maximum Gasteiger partial charge on any atom is 0.144 e. The van der Waals surface area contributed by atoms with E-state index in [1.807, 2.05) is 6.07 Å². The number of nitriles is 1. The van der Waals surface area contributed by atoms with Gasteiger partial charge in [0.05, 0.1) is 11.6 Å². The van der Waals surface area contributed by atoms with Crippen molar-refractivity contribution >= 4 is 11.0 Å². The first kappa shape index (κ1) is 13.3. The second kappa shape index (κ2) is 4.72. The van der Waals surface area contributed by atoms with Gasteiger partial charge >= 0.3 is 0 Å². The molecule has 0 spiro atoms. The van der Waals surface area contributed by atoms with E-state index in [0.29, 0.717) is 27.9 Å². The molecule has 0 radical (unpaired) electrons. The summed E-state index contributed by atoms with van der Waals surface area (Å²) in [6.45, 7) is 1.58. The van der Waals surface area contributed by atoms with Crippen molar-refractivity contribution in [1.29, 1.82) is 5.26 Å². The van der Waals surface area contributed by atoms with E-state index in [1.54, 1.807) is 37.3 Å². The van der Waals surface area contributed by atoms with Crippen LogP contribution in [0.1, 0.15) is 23.8 Å². The van der Waals surface area contributed by atoms with Gasteiger partial charge in [0.1, 0.15) is 22.8 Å². The molecule has 0 aliphatic heterocycles. The third-order valence-electron chi connectivity index (χ3n) is 3.51. The van der Waals surface area contributed by atoms with Crippen molar-refractivity contribution in [3.05, 3.63) is 71.2 Å². The van der Waals surface area contributed by atoms with Crippen LogP contribution >= 0.6 is 0 Å². The fourth-order valence-electron chi connectivity index (χ4n) is 2.29. The molecule has 1 N–H and O–H groups in total. The quantitative estimate of drug-likeness (QED) is 0.779. The molecule has 1 aromatic heterocycles. The lowest BCUT2D eigenvalue weighted by atomic mass is 9.92. The zero-order valence-electron chi connectivity index (χ0n) is 11.3. The average molecular weight is 281 g/mol. The minimum absolute atomic E-state index is 0.304. The minimum Gasteiger partial charge on any atom is -0.458 e. The molecule has 21 heavy (non-hydrogen) atoms. The summed E-state index contributed by atoms with van der Waals surface area (Å²) in [6.07, 6.45) is 0. The number of aliphatic hydroxyl groups is 1. The zero-order valence-corrected chi connectivity index (χ0v) is 11.3. The Kier molecular flexibility index (Phi) is 3.00. The van der Waals surface area contributed by atoms with Crippen molar-refractivity contribution in [3.8, 4) is 6.07 Å². The Bertz CT molecular complexity index is 859. The molecule has 4 heteroatoms. The van der Waals surface area contributed by atoms with Crippen molar-refractivity contribution in [2.75, 3.05) is 0 Å². The number of furan rings is 1. The van der Waals surface area contributed by atoms with Crippen molar-refractivity contribution in [3.63, 3.8) is 0 Å². The first-order valence-corrected chi connectivity index (χ1v) is 6.43. The number of hydrogen-bond acceptors (Lipinski definition) is 3. The maximum absolute atomic E-state index is 13.2. The van der Waals surface area contributed by atoms with Crippen molar-refractivity contribution in [2.24, 2.45) is 0 Å². The molecule has 0 saturated carbocycles. The highest BCUT2D eigenvalue weighted by Gasteiger charge is 2.30. The van der Waals surface area contributed by atoms with Crippen LogP contribution in [0.2, 0.25) is 0 Å². The van der Waals surface area contributed by atoms with E-state index in [0.717, 1.165) is 0 Å². The lowest BCUT2D eigenvalue weighted by Gasteiger charge is -2.21. The number of hydrogen-bond donors (Lipinski definition) is 1. The van der Waals surface area contributed by atoms with E-state index in [9.17, 15) is 9.50 Å². The highest BCUT2D eigenvalue weighted by Crippen LogP contribution is 2.33. The van der Waals surface area contributed by atoms with Gasteiger partial charge in [0, 0.05) is 5.39 Å². The van der Waals surface area contributed by atoms with Crippen molar-refractivity contribution < 1.29 is 13.9 Å². The van der Waals surface area contributed by atoms with Crippen LogP contribution in [0.15, 0.2) is 52.9 Å². The highest BCUT2D eigenvalue weighted by atomic mass is 19.1. The van der Waals surface area contributed by atoms with Crippen LogP contribution in [0.3, 0.4) is 0 Å². The third-order valence-corrected chi connectivity index (χ3v) is 3.51. The summed E-state index contributed by atoms with van der Waals surface area (Å²) < 4.78 is 18.8. The van der Waals surface area contributed by atoms with Crippen molar-refractivity contribution in [2.45, 2.75) is 12.5 Å². The molecule has 0 amide bonds. The Labute approximate surface area is 120 Å². The van der Waals surface area contributed by atoms with Gasteiger partial charge in [-0.2, -0.15) is 5.26 Å². The van der Waals surface area contributed by atoms with E-state index < -0.39 is 5.60 Å². The van der Waals surface area contributed by atoms with Crippen LogP contribution in [0.5, 0.6) is 0 Å². The summed E-state index contributed by atoms with van der Waals surface area (Å²) in [5.41, 5.74) is 0.0987. The minimum atomic E-state index is -1.40. The van der Waals surface area contributed by atoms with Crippen molar-refractivity contribution in [1.82, 2.24) is 0 Å². The van der Waals surface area contributed by atoms with Gasteiger partial charge in [-0.15, -0.1) is 0 Å². The molecule has 1 unspecified atom stereocenters. The lowest BCUT2D eigenvalue weighted by molar-refractivity contribution is 0.0786. The predicted octanol–water partition coefficient (Wildman–Crippen LogP) is 3.70. The molecule has 3 aromatic rings. The van der Waals surface area contributed by atoms with Gasteiger partial charge in [0.2, 0.25) is 0 Å². The Morgan fingerprint density at radius 1 is 1.19 bits per heavy atom. The molecule has 0 bridgehead atoms. The summed E-state index contributed by atoms with van der Waals surface area (Å²) in [5, 5.41) is 20.3. The number of fused-ring (bicyclic) bond motifs is 1. The zero-order chi connectivity index (χ0) is 15.0. The standard InChI is InChI=1S/C17H12FNO2/c1-17(20,13-4-2-3-11(7-13)10-19)16-9-12-8-14(18)5-6-15(12)21-16/h2-9,20H,1H3. The SMILES string of the molecule is CC(O)(c1cccc(C#N)c1)c1cc2cc(F)ccc2o1. The van der Waals surface area contributed by atoms with E-state index in [1.165, 1.54) is 18.2 Å². The van der Waals surface area contributed by atoms with Crippen LogP contribution in [0, 0.1) is 17.1 Å². The molecule has 0 saturated heterocycles. The largest absolute Gasteiger partial charge is 0.458 e. The maximum atomic E-state index is 13.2. The summed E-state index contributed by atoms with van der Waals surface area (Å²) >= 11 is 0. The van der Waals surface area contributed by atoms with Gasteiger partial charge in [-0.1, -0.05) is 12.1 Å². The fourth-order valence-corrected chi connectivity index (χ4v) is 2.29. The molecule has 1 heterocycles. The molecule has 104 valence electrons. The van der Waals surface area contributed by atoms with Gasteiger partial charge in [-0.05, 0) is 48.9 Å². The molecule has 0 aliphatic rings. The predicted molar refractivity (Wildman–Crippen MR) is 76.0 cm³/mol. The second-order valence-electron chi connectivity index (χ2n) is 5.06. The smallest absolute Gasteiger partial charge is 0.144 e. The van der Waals surface area contributed by atoms with Crippen LogP contribution in [0.4, 0.5) is 4.39 Å². The Morgan fingerprint density at radius 2 is 2.00 bits per heavy atom. The van der Waals surface area contributed by atoms with E-state index in [-0.39, 0.29) is 5.82 Å². The summed E-state index contributed by atoms with van der Waals surface area (Å²) in [7, 11) is 0. The topological polar surface area (TPSA) is 57.2 Å². The summed E-state index contributed by atoms with van der Waals surface area (Å²) in [6, 6.07) is 14.5. The molecular weight excluding hydrogens is 269 g/mol. The van der Waals surface area contributed by atoms with E-state index in [4.69, 9.17) is 9.68 Å². The Morgan fingerprint density at radius 3 is 2.76 bits per heavy atom. The third kappa shape index (κ3) is 2.28. The van der Waals surface area contributed by atoms with Crippen LogP contribution < -0.4 is 0 Å². The van der Waals surface area contributed by atoms with Gasteiger partial charge in [0.25, 0.3) is 0 Å². The Balaban J connectivity index is 2.12. The van der Waals surface area contributed by atoms with Gasteiger partial charge in [-0.25, -0.2) is 4.39 Å². The number of nitrogens with zero attached hydrogens (tertiary/aromatic N) is 1. The molecule has 1 atom stereocenters. The Hall–Kier alpha value is -2.64. The molecular formula is C17H12FNO2. The number of benzene rings is 2. The lowest BCUT2D eigenvalue weighted by Crippen LogP contribution is -2.22. The van der Waals surface area contributed by atoms with Gasteiger partial charge in [-0.3, -0.25) is 0 Å². The fraction of sp³-hybridized carbons (Fsp3) is 0.118. The number of rotatable bonds is 2. The molecule has 0 fully saturated rings. The normalized spacial score (nSPS) is 13.8. The number of halogens is 1. The monoisotopic (exact) mass is 281 g/mol. The molecule has 2 aromatic carbocycles. The molecule has 3 nitrogen and oxygen atoms in total. The summed E-state index contributed by atoms with van der Waals surface area (Å²) in [5.74, 6) is -0.0563. The molecule has 3 rings (SSSR count). The highest BCUT2D eigenvalue weighted by molar-refractivity contribution is 5.78.